The SMILES string of the molecule is CSc1ccc(Cc2nnc(NC(=O)c3ccc(S(=O)(=O)N4CCc5ccccc54)cc3)o2)cc1. The average Bonchev–Trinajstić information content (AvgIpc) is 3.52. The predicted octanol–water partition coefficient (Wildman–Crippen LogP) is 4.39. The molecule has 5 rings (SSSR count). The van der Waals surface area contributed by atoms with Gasteiger partial charge in [-0.2, -0.15) is 0 Å². The van der Waals surface area contributed by atoms with Crippen molar-refractivity contribution in [2.24, 2.45) is 0 Å². The molecule has 0 atom stereocenters. The number of nitrogens with one attached hydrogen (secondary N) is 1. The lowest BCUT2D eigenvalue weighted by atomic mass is 10.1. The van der Waals surface area contributed by atoms with E-state index >= 15 is 0 Å². The number of para-hydroxylation sites is 1. The Morgan fingerprint density at radius 1 is 1.03 bits per heavy atom. The summed E-state index contributed by atoms with van der Waals surface area (Å²) in [5, 5.41) is 10.4. The number of aromatic nitrogens is 2. The monoisotopic (exact) mass is 506 g/mol. The Kier molecular flexibility index (Phi) is 6.31. The van der Waals surface area contributed by atoms with Gasteiger partial charge in [0.25, 0.3) is 15.9 Å². The van der Waals surface area contributed by atoms with Crippen molar-refractivity contribution in [3.63, 3.8) is 0 Å². The van der Waals surface area contributed by atoms with Crippen LogP contribution < -0.4 is 9.62 Å². The van der Waals surface area contributed by atoms with Crippen molar-refractivity contribution in [1.29, 1.82) is 0 Å². The second-order valence-electron chi connectivity index (χ2n) is 7.96. The Hall–Kier alpha value is -3.63. The van der Waals surface area contributed by atoms with E-state index in [-0.39, 0.29) is 16.5 Å². The number of carbonyl (C=O) groups is 1. The summed E-state index contributed by atoms with van der Waals surface area (Å²) >= 11 is 1.66. The molecule has 2 heterocycles. The quantitative estimate of drug-likeness (QED) is 0.371. The van der Waals surface area contributed by atoms with Crippen LogP contribution >= 0.6 is 11.8 Å². The van der Waals surface area contributed by atoms with E-state index in [9.17, 15) is 13.2 Å². The molecule has 0 bridgehead atoms. The Morgan fingerprint density at radius 3 is 2.51 bits per heavy atom. The first-order chi connectivity index (χ1) is 16.9. The zero-order valence-electron chi connectivity index (χ0n) is 18.8. The molecule has 0 aliphatic carbocycles. The lowest BCUT2D eigenvalue weighted by Crippen LogP contribution is -2.29. The van der Waals surface area contributed by atoms with Crippen molar-refractivity contribution in [2.45, 2.75) is 22.6 Å². The van der Waals surface area contributed by atoms with Gasteiger partial charge in [-0.25, -0.2) is 8.42 Å². The van der Waals surface area contributed by atoms with Crippen molar-refractivity contribution in [3.8, 4) is 0 Å². The van der Waals surface area contributed by atoms with Gasteiger partial charge in [0.2, 0.25) is 5.89 Å². The molecule has 178 valence electrons. The van der Waals surface area contributed by atoms with Crippen LogP contribution in [0.2, 0.25) is 0 Å². The van der Waals surface area contributed by atoms with Gasteiger partial charge in [0.1, 0.15) is 0 Å². The van der Waals surface area contributed by atoms with E-state index in [1.165, 1.54) is 28.6 Å². The predicted molar refractivity (Wildman–Crippen MR) is 134 cm³/mol. The number of fused-ring (bicyclic) bond motifs is 1. The fraction of sp³-hybridized carbons (Fsp3) is 0.160. The summed E-state index contributed by atoms with van der Waals surface area (Å²) in [6.07, 6.45) is 3.13. The van der Waals surface area contributed by atoms with Crippen molar-refractivity contribution in [3.05, 3.63) is 95.4 Å². The highest BCUT2D eigenvalue weighted by atomic mass is 32.2. The van der Waals surface area contributed by atoms with E-state index in [1.54, 1.807) is 17.8 Å². The smallest absolute Gasteiger partial charge is 0.322 e. The van der Waals surface area contributed by atoms with Gasteiger partial charge < -0.3 is 4.42 Å². The van der Waals surface area contributed by atoms with Crippen LogP contribution in [0.3, 0.4) is 0 Å². The lowest BCUT2D eigenvalue weighted by Gasteiger charge is -2.19. The molecule has 8 nitrogen and oxygen atoms in total. The molecule has 0 spiro atoms. The van der Waals surface area contributed by atoms with E-state index in [0.29, 0.717) is 31.0 Å². The van der Waals surface area contributed by atoms with Crippen LogP contribution in [-0.4, -0.2) is 37.3 Å². The largest absolute Gasteiger partial charge is 0.407 e. The number of sulfonamides is 1. The molecular formula is C25H22N4O4S2. The second-order valence-corrected chi connectivity index (χ2v) is 10.7. The maximum absolute atomic E-state index is 13.1. The molecule has 1 amide bonds. The summed E-state index contributed by atoms with van der Waals surface area (Å²) in [6.45, 7) is 0.394. The third-order valence-electron chi connectivity index (χ3n) is 5.75. The first-order valence-corrected chi connectivity index (χ1v) is 13.6. The maximum atomic E-state index is 13.1. The average molecular weight is 507 g/mol. The number of hydrogen-bond acceptors (Lipinski definition) is 7. The normalized spacial score (nSPS) is 13.0. The Balaban J connectivity index is 1.25. The number of hydrogen-bond donors (Lipinski definition) is 1. The third kappa shape index (κ3) is 4.80. The summed E-state index contributed by atoms with van der Waals surface area (Å²) in [5.74, 6) is -0.0930. The minimum atomic E-state index is -3.72. The molecule has 3 aromatic carbocycles. The van der Waals surface area contributed by atoms with Crippen LogP contribution in [0.25, 0.3) is 0 Å². The van der Waals surface area contributed by atoms with Crippen molar-refractivity contribution in [1.82, 2.24) is 10.2 Å². The van der Waals surface area contributed by atoms with Crippen LogP contribution in [0.5, 0.6) is 0 Å². The molecule has 0 unspecified atom stereocenters. The number of anilines is 2. The molecule has 0 saturated carbocycles. The molecule has 0 saturated heterocycles. The first kappa shape index (κ1) is 23.1. The highest BCUT2D eigenvalue weighted by Crippen LogP contribution is 2.32. The number of amides is 1. The van der Waals surface area contributed by atoms with E-state index in [2.05, 4.69) is 15.5 Å². The van der Waals surface area contributed by atoms with Gasteiger partial charge in [0, 0.05) is 17.0 Å². The van der Waals surface area contributed by atoms with E-state index in [0.717, 1.165) is 16.0 Å². The summed E-state index contributed by atoms with van der Waals surface area (Å²) in [5.41, 5.74) is 2.99. The fourth-order valence-electron chi connectivity index (χ4n) is 3.93. The minimum absolute atomic E-state index is 0.0175. The van der Waals surface area contributed by atoms with E-state index in [1.807, 2.05) is 48.7 Å². The summed E-state index contributed by atoms with van der Waals surface area (Å²) < 4.78 is 33.3. The Bertz CT molecular complexity index is 1470. The number of rotatable bonds is 7. The molecule has 1 aliphatic rings. The van der Waals surface area contributed by atoms with Crippen LogP contribution in [0.1, 0.15) is 27.4 Å². The number of benzene rings is 3. The Labute approximate surface area is 207 Å². The van der Waals surface area contributed by atoms with Crippen molar-refractivity contribution < 1.29 is 17.6 Å². The highest BCUT2D eigenvalue weighted by Gasteiger charge is 2.30. The van der Waals surface area contributed by atoms with Gasteiger partial charge in [-0.15, -0.1) is 16.9 Å². The zero-order valence-corrected chi connectivity index (χ0v) is 20.5. The molecule has 0 fully saturated rings. The molecule has 35 heavy (non-hydrogen) atoms. The van der Waals surface area contributed by atoms with E-state index < -0.39 is 15.9 Å². The van der Waals surface area contributed by atoms with Crippen LogP contribution in [0.15, 0.2) is 87.0 Å². The van der Waals surface area contributed by atoms with Crippen LogP contribution in [0.4, 0.5) is 11.7 Å². The number of carbonyl (C=O) groups excluding carboxylic acids is 1. The molecule has 0 radical (unpaired) electrons. The second kappa shape index (κ2) is 9.55. The van der Waals surface area contributed by atoms with Gasteiger partial charge in [0.05, 0.1) is 17.0 Å². The molecule has 10 heteroatoms. The van der Waals surface area contributed by atoms with Gasteiger partial charge >= 0.3 is 6.01 Å². The number of thioether (sulfide) groups is 1. The van der Waals surface area contributed by atoms with Gasteiger partial charge in [-0.1, -0.05) is 35.4 Å². The minimum Gasteiger partial charge on any atom is -0.407 e. The molecule has 1 aromatic heterocycles. The highest BCUT2D eigenvalue weighted by molar-refractivity contribution is 7.98. The van der Waals surface area contributed by atoms with Crippen LogP contribution in [-0.2, 0) is 22.9 Å². The van der Waals surface area contributed by atoms with Gasteiger partial charge in [0.15, 0.2) is 0 Å². The number of nitrogens with zero attached hydrogens (tertiary/aromatic N) is 3. The lowest BCUT2D eigenvalue weighted by molar-refractivity contribution is 0.102. The standard InChI is InChI=1S/C25H22N4O4S2/c1-34-20-10-6-17(7-11-20)16-23-27-28-25(33-23)26-24(30)19-8-12-21(13-9-19)35(31,32)29-15-14-18-4-2-3-5-22(18)29/h2-13H,14-16H2,1H3,(H,26,28,30). The summed E-state index contributed by atoms with van der Waals surface area (Å²) in [7, 11) is -3.72. The summed E-state index contributed by atoms with van der Waals surface area (Å²) in [6, 6.07) is 21.3. The molecular weight excluding hydrogens is 484 g/mol. The fourth-order valence-corrected chi connectivity index (χ4v) is 5.84. The summed E-state index contributed by atoms with van der Waals surface area (Å²) in [4.78, 5) is 13.9. The van der Waals surface area contributed by atoms with Gasteiger partial charge in [-0.05, 0) is 66.3 Å². The van der Waals surface area contributed by atoms with Crippen molar-refractivity contribution >= 4 is 39.4 Å². The third-order valence-corrected chi connectivity index (χ3v) is 8.32. The first-order valence-electron chi connectivity index (χ1n) is 10.9. The zero-order chi connectivity index (χ0) is 24.4. The van der Waals surface area contributed by atoms with Crippen LogP contribution in [0, 0.1) is 0 Å². The van der Waals surface area contributed by atoms with Crippen molar-refractivity contribution in [2.75, 3.05) is 22.4 Å². The Morgan fingerprint density at radius 2 is 1.77 bits per heavy atom. The molecule has 1 N–H and O–H groups in total. The molecule has 1 aliphatic heterocycles. The topological polar surface area (TPSA) is 105 Å². The molecule has 4 aromatic rings. The maximum Gasteiger partial charge on any atom is 0.322 e. The van der Waals surface area contributed by atoms with E-state index in [4.69, 9.17) is 4.42 Å². The van der Waals surface area contributed by atoms with Gasteiger partial charge in [-0.3, -0.25) is 14.4 Å².